The highest BCUT2D eigenvalue weighted by Crippen LogP contribution is 2.21. The molecule has 0 aromatic heterocycles. The van der Waals surface area contributed by atoms with E-state index < -0.39 is 0 Å². The molecule has 0 saturated heterocycles. The van der Waals surface area contributed by atoms with E-state index in [4.69, 9.17) is 0 Å². The molecule has 0 nitrogen and oxygen atoms in total. The Labute approximate surface area is 128 Å². The summed E-state index contributed by atoms with van der Waals surface area (Å²) in [6, 6.07) is 12.9. The molecular formula is C20H36. The van der Waals surface area contributed by atoms with Crippen molar-refractivity contribution in [3.63, 3.8) is 0 Å². The summed E-state index contributed by atoms with van der Waals surface area (Å²) in [5.74, 6) is 0. The molecular weight excluding hydrogens is 240 g/mol. The van der Waals surface area contributed by atoms with Gasteiger partial charge in [-0.05, 0) is 35.7 Å². The molecule has 0 atom stereocenters. The predicted molar refractivity (Wildman–Crippen MR) is 98.8 cm³/mol. The molecule has 0 heterocycles. The fourth-order valence-corrected chi connectivity index (χ4v) is 1.75. The molecule has 0 unspecified atom stereocenters. The molecule has 0 radical (unpaired) electrons. The van der Waals surface area contributed by atoms with Crippen LogP contribution in [0.2, 0.25) is 0 Å². The lowest BCUT2D eigenvalue weighted by atomic mass is 10.0. The van der Waals surface area contributed by atoms with Gasteiger partial charge in [0, 0.05) is 0 Å². The Hall–Kier alpha value is -1.30. The van der Waals surface area contributed by atoms with E-state index in [-0.39, 0.29) is 0 Å². The van der Waals surface area contributed by atoms with Gasteiger partial charge >= 0.3 is 0 Å². The molecule has 0 saturated carbocycles. The fourth-order valence-electron chi connectivity index (χ4n) is 1.75. The summed E-state index contributed by atoms with van der Waals surface area (Å²) in [6.07, 6.45) is 0. The Morgan fingerprint density at radius 3 is 1.05 bits per heavy atom. The van der Waals surface area contributed by atoms with Gasteiger partial charge in [-0.25, -0.2) is 0 Å². The van der Waals surface area contributed by atoms with Crippen molar-refractivity contribution in [1.82, 2.24) is 0 Å². The van der Waals surface area contributed by atoms with Crippen molar-refractivity contribution in [2.24, 2.45) is 0 Å². The SMILES string of the molecule is CC.CC.CC.CC.Cc1cccc2cccc(C)c12. The van der Waals surface area contributed by atoms with Crippen molar-refractivity contribution in [2.75, 3.05) is 0 Å². The maximum absolute atomic E-state index is 2.16. The van der Waals surface area contributed by atoms with E-state index in [0.29, 0.717) is 0 Å². The van der Waals surface area contributed by atoms with E-state index in [1.54, 1.807) is 0 Å². The minimum absolute atomic E-state index is 1.34. The molecule has 0 bridgehead atoms. The van der Waals surface area contributed by atoms with Crippen molar-refractivity contribution >= 4 is 10.8 Å². The number of benzene rings is 2. The Morgan fingerprint density at radius 2 is 0.800 bits per heavy atom. The van der Waals surface area contributed by atoms with E-state index in [9.17, 15) is 0 Å². The van der Waals surface area contributed by atoms with Crippen molar-refractivity contribution in [3.8, 4) is 0 Å². The highest BCUT2D eigenvalue weighted by atomic mass is 14.0. The second-order valence-corrected chi connectivity index (χ2v) is 3.25. The minimum Gasteiger partial charge on any atom is -0.0683 e. The molecule has 0 spiro atoms. The van der Waals surface area contributed by atoms with Crippen molar-refractivity contribution in [3.05, 3.63) is 47.5 Å². The molecule has 0 aliphatic rings. The number of aryl methyl sites for hydroxylation is 2. The summed E-state index contributed by atoms with van der Waals surface area (Å²) in [5.41, 5.74) is 2.73. The number of rotatable bonds is 0. The van der Waals surface area contributed by atoms with Gasteiger partial charge in [-0.2, -0.15) is 0 Å². The maximum Gasteiger partial charge on any atom is -0.0125 e. The van der Waals surface area contributed by atoms with Gasteiger partial charge in [0.2, 0.25) is 0 Å². The van der Waals surface area contributed by atoms with Gasteiger partial charge in [0.15, 0.2) is 0 Å². The molecule has 0 aliphatic heterocycles. The first-order valence-corrected chi connectivity index (χ1v) is 8.24. The lowest BCUT2D eigenvalue weighted by Gasteiger charge is -2.04. The van der Waals surface area contributed by atoms with E-state index in [2.05, 4.69) is 50.2 Å². The third-order valence-corrected chi connectivity index (χ3v) is 2.32. The molecule has 0 aliphatic carbocycles. The molecule has 0 fully saturated rings. The average molecular weight is 277 g/mol. The van der Waals surface area contributed by atoms with Crippen LogP contribution in [-0.2, 0) is 0 Å². The third kappa shape index (κ3) is 7.99. The van der Waals surface area contributed by atoms with Crippen LogP contribution in [0.4, 0.5) is 0 Å². The van der Waals surface area contributed by atoms with Crippen LogP contribution < -0.4 is 0 Å². The van der Waals surface area contributed by atoms with Crippen LogP contribution >= 0.6 is 0 Å². The second-order valence-electron chi connectivity index (χ2n) is 3.25. The Bertz CT molecular complexity index is 377. The lowest BCUT2D eigenvalue weighted by molar-refractivity contribution is 1.46. The van der Waals surface area contributed by atoms with Crippen LogP contribution in [0.1, 0.15) is 66.5 Å². The normalized spacial score (nSPS) is 7.50. The smallest absolute Gasteiger partial charge is 0.0125 e. The van der Waals surface area contributed by atoms with Gasteiger partial charge in [-0.15, -0.1) is 0 Å². The molecule has 2 aromatic carbocycles. The predicted octanol–water partition coefficient (Wildman–Crippen LogP) is 7.56. The van der Waals surface area contributed by atoms with Crippen LogP contribution in [0.25, 0.3) is 10.8 Å². The molecule has 116 valence electrons. The largest absolute Gasteiger partial charge is 0.0683 e. The second kappa shape index (κ2) is 17.7. The van der Waals surface area contributed by atoms with Gasteiger partial charge in [-0.3, -0.25) is 0 Å². The van der Waals surface area contributed by atoms with Crippen LogP contribution in [0, 0.1) is 13.8 Å². The van der Waals surface area contributed by atoms with E-state index in [0.717, 1.165) is 0 Å². The molecule has 20 heavy (non-hydrogen) atoms. The van der Waals surface area contributed by atoms with Crippen LogP contribution in [0.15, 0.2) is 36.4 Å². The summed E-state index contributed by atoms with van der Waals surface area (Å²) in [7, 11) is 0. The number of hydrogen-bond acceptors (Lipinski definition) is 0. The van der Waals surface area contributed by atoms with Gasteiger partial charge < -0.3 is 0 Å². The fraction of sp³-hybridized carbons (Fsp3) is 0.500. The first-order valence-electron chi connectivity index (χ1n) is 8.24. The summed E-state index contributed by atoms with van der Waals surface area (Å²) in [5, 5.41) is 2.75. The topological polar surface area (TPSA) is 0 Å². The van der Waals surface area contributed by atoms with Gasteiger partial charge in [0.05, 0.1) is 0 Å². The standard InChI is InChI=1S/C12H12.4C2H6/c1-9-5-3-7-11-8-4-6-10(2)12(9)11;4*1-2/h3-8H,1-2H3;4*1-2H3. The van der Waals surface area contributed by atoms with Gasteiger partial charge in [-0.1, -0.05) is 91.8 Å². The van der Waals surface area contributed by atoms with E-state index >= 15 is 0 Å². The monoisotopic (exact) mass is 276 g/mol. The highest BCUT2D eigenvalue weighted by molar-refractivity contribution is 5.88. The molecule has 2 rings (SSSR count). The Morgan fingerprint density at radius 1 is 0.500 bits per heavy atom. The zero-order chi connectivity index (χ0) is 16.6. The first-order chi connectivity index (χ1) is 9.79. The Kier molecular flexibility index (Phi) is 21.0. The van der Waals surface area contributed by atoms with E-state index in [1.807, 2.05) is 55.4 Å². The number of fused-ring (bicyclic) bond motifs is 1. The van der Waals surface area contributed by atoms with Crippen LogP contribution in [0.5, 0.6) is 0 Å². The molecule has 2 aromatic rings. The van der Waals surface area contributed by atoms with Crippen LogP contribution in [-0.4, -0.2) is 0 Å². The third-order valence-electron chi connectivity index (χ3n) is 2.32. The van der Waals surface area contributed by atoms with Gasteiger partial charge in [0.1, 0.15) is 0 Å². The molecule has 0 heteroatoms. The molecule has 0 amide bonds. The zero-order valence-corrected chi connectivity index (χ0v) is 15.5. The quantitative estimate of drug-likeness (QED) is 0.465. The zero-order valence-electron chi connectivity index (χ0n) is 15.5. The maximum atomic E-state index is 2.16. The lowest BCUT2D eigenvalue weighted by Crippen LogP contribution is -1.81. The summed E-state index contributed by atoms with van der Waals surface area (Å²) >= 11 is 0. The highest BCUT2D eigenvalue weighted by Gasteiger charge is 1.97. The number of hydrogen-bond donors (Lipinski definition) is 0. The van der Waals surface area contributed by atoms with E-state index in [1.165, 1.54) is 21.9 Å². The van der Waals surface area contributed by atoms with Crippen molar-refractivity contribution in [2.45, 2.75) is 69.2 Å². The van der Waals surface area contributed by atoms with Gasteiger partial charge in [0.25, 0.3) is 0 Å². The first kappa shape index (κ1) is 23.8. The summed E-state index contributed by atoms with van der Waals surface area (Å²) < 4.78 is 0. The van der Waals surface area contributed by atoms with Crippen LogP contribution in [0.3, 0.4) is 0 Å². The van der Waals surface area contributed by atoms with Crippen molar-refractivity contribution < 1.29 is 0 Å². The summed E-state index contributed by atoms with van der Waals surface area (Å²) in [6.45, 7) is 20.3. The van der Waals surface area contributed by atoms with Crippen molar-refractivity contribution in [1.29, 1.82) is 0 Å². The summed E-state index contributed by atoms with van der Waals surface area (Å²) in [4.78, 5) is 0. The average Bonchev–Trinajstić information content (AvgIpc) is 2.55. The minimum atomic E-state index is 1.34. The Balaban J connectivity index is -0.000000314. The molecule has 0 N–H and O–H groups in total.